The number of carbonyl (C=O) groups excluding carboxylic acids is 2. The van der Waals surface area contributed by atoms with Gasteiger partial charge in [0.05, 0.1) is 10.6 Å². The maximum Gasteiger partial charge on any atom is 0.247 e. The third-order valence-corrected chi connectivity index (χ3v) is 4.40. The van der Waals surface area contributed by atoms with E-state index in [1.165, 1.54) is 25.1 Å². The molecule has 4 atom stereocenters. The lowest BCUT2D eigenvalue weighted by molar-refractivity contribution is -0.125. The van der Waals surface area contributed by atoms with Crippen LogP contribution in [0.1, 0.15) is 13.3 Å². The van der Waals surface area contributed by atoms with Crippen LogP contribution < -0.4 is 15.8 Å². The number of aliphatic hydroxyl groups is 2. The largest absolute Gasteiger partial charge is 0.482 e. The van der Waals surface area contributed by atoms with Gasteiger partial charge in [0.15, 0.2) is 0 Å². The first-order valence-electron chi connectivity index (χ1n) is 7.47. The van der Waals surface area contributed by atoms with Crippen LogP contribution in [0.25, 0.3) is 0 Å². The van der Waals surface area contributed by atoms with Crippen LogP contribution in [0.15, 0.2) is 34.3 Å². The number of ether oxygens (including phenoxy) is 1. The van der Waals surface area contributed by atoms with Gasteiger partial charge in [-0.25, -0.2) is 4.39 Å². The summed E-state index contributed by atoms with van der Waals surface area (Å²) < 4.78 is 19.3. The Hall–Kier alpha value is -1.97. The molecule has 25 heavy (non-hydrogen) atoms. The van der Waals surface area contributed by atoms with E-state index in [0.29, 0.717) is 4.47 Å². The smallest absolute Gasteiger partial charge is 0.247 e. The average Bonchev–Trinajstić information content (AvgIpc) is 2.54. The number of amides is 2. The second-order valence-electron chi connectivity index (χ2n) is 5.71. The Balaban J connectivity index is 2.22. The molecule has 9 heteroatoms. The molecule has 136 valence electrons. The zero-order valence-corrected chi connectivity index (χ0v) is 14.9. The highest BCUT2D eigenvalue weighted by atomic mass is 79.9. The van der Waals surface area contributed by atoms with Crippen LogP contribution in [0.2, 0.25) is 0 Å². The first-order chi connectivity index (χ1) is 11.7. The summed E-state index contributed by atoms with van der Waals surface area (Å²) in [6, 6.07) is 2.88. The molecule has 0 bridgehead atoms. The predicted octanol–water partition coefficient (Wildman–Crippen LogP) is 0.377. The fourth-order valence-electron chi connectivity index (χ4n) is 2.28. The molecule has 0 radical (unpaired) electrons. The zero-order chi connectivity index (χ0) is 18.7. The molecule has 1 aromatic rings. The lowest BCUT2D eigenvalue weighted by Gasteiger charge is -2.31. The molecule has 0 saturated heterocycles. The normalized spacial score (nSPS) is 24.2. The van der Waals surface area contributed by atoms with Crippen molar-refractivity contribution < 1.29 is 28.9 Å². The van der Waals surface area contributed by atoms with E-state index < -0.39 is 42.0 Å². The topological polar surface area (TPSA) is 122 Å². The number of benzene rings is 1. The molecule has 1 aliphatic carbocycles. The van der Waals surface area contributed by atoms with E-state index in [0.717, 1.165) is 6.07 Å². The molecule has 0 aromatic heterocycles. The Morgan fingerprint density at radius 2 is 2.12 bits per heavy atom. The first-order valence-corrected chi connectivity index (χ1v) is 8.27. The van der Waals surface area contributed by atoms with E-state index >= 15 is 0 Å². The summed E-state index contributed by atoms with van der Waals surface area (Å²) in [6.45, 7) is 1.42. The Kier molecular flexibility index (Phi) is 6.15. The van der Waals surface area contributed by atoms with Gasteiger partial charge in [0.25, 0.3) is 0 Å². The highest BCUT2D eigenvalue weighted by molar-refractivity contribution is 9.10. The van der Waals surface area contributed by atoms with Crippen molar-refractivity contribution in [2.24, 2.45) is 5.73 Å². The summed E-state index contributed by atoms with van der Waals surface area (Å²) in [5, 5.41) is 22.5. The monoisotopic (exact) mass is 416 g/mol. The van der Waals surface area contributed by atoms with Gasteiger partial charge in [-0.1, -0.05) is 0 Å². The van der Waals surface area contributed by atoms with Gasteiger partial charge in [-0.15, -0.1) is 0 Å². The number of aliphatic hydroxyl groups excluding tert-OH is 2. The van der Waals surface area contributed by atoms with Gasteiger partial charge in [-0.3, -0.25) is 9.59 Å². The van der Waals surface area contributed by atoms with Crippen LogP contribution in [-0.2, 0) is 9.59 Å². The molecular formula is C16H18BrFN2O5. The molecular weight excluding hydrogens is 399 g/mol. The number of carbonyl (C=O) groups is 2. The zero-order valence-electron chi connectivity index (χ0n) is 13.3. The molecule has 0 fully saturated rings. The third-order valence-electron chi connectivity index (χ3n) is 3.75. The number of halogens is 2. The van der Waals surface area contributed by atoms with E-state index in [9.17, 15) is 24.2 Å². The number of primary amides is 1. The van der Waals surface area contributed by atoms with Crippen molar-refractivity contribution in [3.05, 3.63) is 40.1 Å². The number of rotatable bonds is 5. The van der Waals surface area contributed by atoms with Gasteiger partial charge in [0.1, 0.15) is 29.8 Å². The SMILES string of the molecule is C[C@@H](NC(=O)C1=C[C@@H](Oc2cc(F)ccc2Br)[C@H](O)[C@H](O)C1)C(N)=O. The molecule has 1 aromatic carbocycles. The molecule has 5 N–H and O–H groups in total. The van der Waals surface area contributed by atoms with Gasteiger partial charge in [0, 0.05) is 18.1 Å². The van der Waals surface area contributed by atoms with Gasteiger partial charge >= 0.3 is 0 Å². The van der Waals surface area contributed by atoms with E-state index in [1.54, 1.807) is 0 Å². The van der Waals surface area contributed by atoms with E-state index in [-0.39, 0.29) is 17.7 Å². The van der Waals surface area contributed by atoms with Crippen LogP contribution in [0, 0.1) is 5.82 Å². The van der Waals surface area contributed by atoms with Crippen LogP contribution in [0.5, 0.6) is 5.75 Å². The van der Waals surface area contributed by atoms with Crippen molar-refractivity contribution >= 4 is 27.7 Å². The van der Waals surface area contributed by atoms with Crippen molar-refractivity contribution in [2.45, 2.75) is 37.7 Å². The first kappa shape index (κ1) is 19.4. The van der Waals surface area contributed by atoms with Crippen molar-refractivity contribution in [3.63, 3.8) is 0 Å². The van der Waals surface area contributed by atoms with E-state index in [4.69, 9.17) is 10.5 Å². The minimum atomic E-state index is -1.31. The number of hydrogen-bond donors (Lipinski definition) is 4. The molecule has 2 amide bonds. The Bertz CT molecular complexity index is 712. The average molecular weight is 417 g/mol. The molecule has 7 nitrogen and oxygen atoms in total. The molecule has 0 heterocycles. The van der Waals surface area contributed by atoms with Crippen molar-refractivity contribution in [3.8, 4) is 5.75 Å². The summed E-state index contributed by atoms with van der Waals surface area (Å²) in [7, 11) is 0. The maximum absolute atomic E-state index is 13.4. The Morgan fingerprint density at radius 3 is 2.76 bits per heavy atom. The molecule has 1 aliphatic rings. The molecule has 0 saturated carbocycles. The van der Waals surface area contributed by atoms with Crippen molar-refractivity contribution in [2.75, 3.05) is 0 Å². The second kappa shape index (κ2) is 7.94. The summed E-state index contributed by atoms with van der Waals surface area (Å²) in [5.41, 5.74) is 5.22. The number of nitrogens with one attached hydrogen (secondary N) is 1. The standard InChI is InChI=1S/C16H18BrFN2O5/c1-7(15(19)23)20-16(24)8-4-11(21)14(22)13(5-8)25-12-6-9(18)2-3-10(12)17/h2-3,5-7,11,13-14,21-22H,4H2,1H3,(H2,19,23)(H,20,24)/t7-,11-,13-,14-/m1/s1. The number of hydrogen-bond acceptors (Lipinski definition) is 5. The van der Waals surface area contributed by atoms with Crippen LogP contribution in [0.4, 0.5) is 4.39 Å². The van der Waals surface area contributed by atoms with Crippen LogP contribution in [-0.4, -0.2) is 46.4 Å². The number of nitrogens with two attached hydrogens (primary N) is 1. The second-order valence-corrected chi connectivity index (χ2v) is 6.56. The quantitative estimate of drug-likeness (QED) is 0.552. The van der Waals surface area contributed by atoms with E-state index in [1.807, 2.05) is 0 Å². The minimum Gasteiger partial charge on any atom is -0.482 e. The Labute approximate surface area is 151 Å². The van der Waals surface area contributed by atoms with Crippen LogP contribution in [0.3, 0.4) is 0 Å². The van der Waals surface area contributed by atoms with Gasteiger partial charge in [-0.2, -0.15) is 0 Å². The minimum absolute atomic E-state index is 0.111. The lowest BCUT2D eigenvalue weighted by Crippen LogP contribution is -2.47. The summed E-state index contributed by atoms with van der Waals surface area (Å²) in [4.78, 5) is 23.2. The summed E-state index contributed by atoms with van der Waals surface area (Å²) in [5.74, 6) is -1.74. The van der Waals surface area contributed by atoms with Gasteiger partial charge < -0.3 is 26.0 Å². The highest BCUT2D eigenvalue weighted by Crippen LogP contribution is 2.30. The third kappa shape index (κ3) is 4.77. The fraction of sp³-hybridized carbons (Fsp3) is 0.375. The molecule has 2 rings (SSSR count). The van der Waals surface area contributed by atoms with Crippen molar-refractivity contribution in [1.29, 1.82) is 0 Å². The predicted molar refractivity (Wildman–Crippen MR) is 90.0 cm³/mol. The van der Waals surface area contributed by atoms with Gasteiger partial charge in [0.2, 0.25) is 11.8 Å². The van der Waals surface area contributed by atoms with Crippen molar-refractivity contribution in [1.82, 2.24) is 5.32 Å². The molecule has 0 aliphatic heterocycles. The molecule has 0 spiro atoms. The highest BCUT2D eigenvalue weighted by Gasteiger charge is 2.35. The Morgan fingerprint density at radius 1 is 1.44 bits per heavy atom. The summed E-state index contributed by atoms with van der Waals surface area (Å²) >= 11 is 3.20. The van der Waals surface area contributed by atoms with Gasteiger partial charge in [-0.05, 0) is 41.1 Å². The van der Waals surface area contributed by atoms with E-state index in [2.05, 4.69) is 21.2 Å². The lowest BCUT2D eigenvalue weighted by atomic mass is 9.91. The van der Waals surface area contributed by atoms with Crippen LogP contribution >= 0.6 is 15.9 Å². The maximum atomic E-state index is 13.4. The summed E-state index contributed by atoms with van der Waals surface area (Å²) in [6.07, 6.45) is -2.43. The molecule has 0 unspecified atom stereocenters. The fourth-order valence-corrected chi connectivity index (χ4v) is 2.62.